The molecule has 0 radical (unpaired) electrons. The number of amides is 1. The largest absolute Gasteiger partial charge is 0.350 e. The molecule has 0 aliphatic heterocycles. The van der Waals surface area contributed by atoms with Crippen molar-refractivity contribution in [2.45, 2.75) is 6.92 Å². The van der Waals surface area contributed by atoms with E-state index in [0.717, 1.165) is 27.4 Å². The molecule has 0 bridgehead atoms. The van der Waals surface area contributed by atoms with Crippen LogP contribution in [0.15, 0.2) is 60.8 Å². The number of aromatic amines is 1. The van der Waals surface area contributed by atoms with Gasteiger partial charge in [0.1, 0.15) is 5.69 Å². The van der Waals surface area contributed by atoms with Crippen LogP contribution in [0.4, 0.5) is 5.69 Å². The number of anilines is 1. The molecule has 2 aromatic heterocycles. The Morgan fingerprint density at radius 2 is 1.87 bits per heavy atom. The Kier molecular flexibility index (Phi) is 3.08. The van der Waals surface area contributed by atoms with E-state index >= 15 is 0 Å². The van der Waals surface area contributed by atoms with Crippen LogP contribution in [0.25, 0.3) is 21.8 Å². The molecule has 23 heavy (non-hydrogen) atoms. The van der Waals surface area contributed by atoms with Gasteiger partial charge in [0.25, 0.3) is 5.91 Å². The minimum atomic E-state index is -0.156. The van der Waals surface area contributed by atoms with E-state index < -0.39 is 0 Å². The van der Waals surface area contributed by atoms with Gasteiger partial charge in [0.15, 0.2) is 0 Å². The summed E-state index contributed by atoms with van der Waals surface area (Å²) in [5.74, 6) is -0.156. The number of hydrogen-bond donors (Lipinski definition) is 2. The van der Waals surface area contributed by atoms with Gasteiger partial charge >= 0.3 is 0 Å². The molecule has 1 amide bonds. The minimum absolute atomic E-state index is 0.156. The predicted octanol–water partition coefficient (Wildman–Crippen LogP) is 4.28. The molecule has 0 atom stereocenters. The van der Waals surface area contributed by atoms with Crippen LogP contribution >= 0.6 is 0 Å². The summed E-state index contributed by atoms with van der Waals surface area (Å²) in [5.41, 5.74) is 4.00. The summed E-state index contributed by atoms with van der Waals surface area (Å²) in [6, 6.07) is 17.5. The first-order valence-corrected chi connectivity index (χ1v) is 7.46. The zero-order valence-electron chi connectivity index (χ0n) is 12.6. The maximum Gasteiger partial charge on any atom is 0.272 e. The van der Waals surface area contributed by atoms with Crippen molar-refractivity contribution in [2.75, 3.05) is 5.32 Å². The lowest BCUT2D eigenvalue weighted by atomic mass is 10.1. The lowest BCUT2D eigenvalue weighted by Gasteiger charge is -2.07. The molecule has 0 unspecified atom stereocenters. The van der Waals surface area contributed by atoms with Crippen LogP contribution in [-0.4, -0.2) is 15.9 Å². The molecule has 0 aliphatic rings. The number of fused-ring (bicyclic) bond motifs is 2. The Labute approximate surface area is 133 Å². The number of rotatable bonds is 2. The molecule has 2 N–H and O–H groups in total. The Balaban J connectivity index is 1.75. The summed E-state index contributed by atoms with van der Waals surface area (Å²) in [6.07, 6.45) is 1.73. The maximum absolute atomic E-state index is 12.7. The molecule has 112 valence electrons. The number of aromatic nitrogens is 2. The van der Waals surface area contributed by atoms with Gasteiger partial charge in [0.2, 0.25) is 0 Å². The second kappa shape index (κ2) is 5.25. The highest BCUT2D eigenvalue weighted by Crippen LogP contribution is 2.24. The fourth-order valence-electron chi connectivity index (χ4n) is 2.90. The Morgan fingerprint density at radius 1 is 1.04 bits per heavy atom. The van der Waals surface area contributed by atoms with Crippen molar-refractivity contribution >= 4 is 33.4 Å². The predicted molar refractivity (Wildman–Crippen MR) is 92.7 cm³/mol. The monoisotopic (exact) mass is 301 g/mol. The highest BCUT2D eigenvalue weighted by Gasteiger charge is 2.15. The fraction of sp³-hybridized carbons (Fsp3) is 0.0526. The number of para-hydroxylation sites is 2. The first-order valence-electron chi connectivity index (χ1n) is 7.46. The first kappa shape index (κ1) is 13.5. The van der Waals surface area contributed by atoms with Crippen molar-refractivity contribution in [3.8, 4) is 0 Å². The number of carbonyl (C=O) groups excluding carboxylic acids is 1. The van der Waals surface area contributed by atoms with Gasteiger partial charge in [-0.15, -0.1) is 0 Å². The van der Waals surface area contributed by atoms with Gasteiger partial charge in [-0.1, -0.05) is 36.4 Å². The molecule has 0 spiro atoms. The van der Waals surface area contributed by atoms with Gasteiger partial charge in [-0.3, -0.25) is 9.78 Å². The summed E-state index contributed by atoms with van der Waals surface area (Å²) in [6.45, 7) is 1.95. The normalized spacial score (nSPS) is 11.0. The molecular formula is C19H15N3O. The number of hydrogen-bond acceptors (Lipinski definition) is 2. The Bertz CT molecular complexity index is 1030. The third-order valence-electron chi connectivity index (χ3n) is 4.07. The molecule has 4 heteroatoms. The summed E-state index contributed by atoms with van der Waals surface area (Å²) in [5, 5.41) is 5.03. The van der Waals surface area contributed by atoms with Gasteiger partial charge in [-0.2, -0.15) is 0 Å². The van der Waals surface area contributed by atoms with Crippen LogP contribution in [0.1, 0.15) is 16.1 Å². The molecule has 2 heterocycles. The Hall–Kier alpha value is -3.14. The fourth-order valence-corrected chi connectivity index (χ4v) is 2.90. The second-order valence-electron chi connectivity index (χ2n) is 5.51. The third kappa shape index (κ3) is 2.25. The second-order valence-corrected chi connectivity index (χ2v) is 5.51. The van der Waals surface area contributed by atoms with Crippen LogP contribution in [0.2, 0.25) is 0 Å². The molecule has 4 nitrogen and oxygen atoms in total. The van der Waals surface area contributed by atoms with E-state index in [-0.39, 0.29) is 5.91 Å². The maximum atomic E-state index is 12.7. The van der Waals surface area contributed by atoms with Crippen molar-refractivity contribution in [2.24, 2.45) is 0 Å². The zero-order chi connectivity index (χ0) is 15.8. The molecule has 0 saturated carbocycles. The lowest BCUT2D eigenvalue weighted by molar-refractivity contribution is 0.102. The quantitative estimate of drug-likeness (QED) is 0.580. The van der Waals surface area contributed by atoms with Crippen LogP contribution in [0, 0.1) is 6.92 Å². The molecule has 4 rings (SSSR count). The highest BCUT2D eigenvalue weighted by atomic mass is 16.1. The van der Waals surface area contributed by atoms with E-state index in [9.17, 15) is 4.79 Å². The number of pyridine rings is 1. The topological polar surface area (TPSA) is 57.8 Å². The van der Waals surface area contributed by atoms with Crippen molar-refractivity contribution in [3.63, 3.8) is 0 Å². The van der Waals surface area contributed by atoms with Crippen LogP contribution in [0.5, 0.6) is 0 Å². The summed E-state index contributed by atoms with van der Waals surface area (Å²) >= 11 is 0. The van der Waals surface area contributed by atoms with E-state index in [0.29, 0.717) is 11.4 Å². The molecule has 0 aliphatic carbocycles. The number of H-pyrrole nitrogens is 1. The van der Waals surface area contributed by atoms with E-state index in [2.05, 4.69) is 15.3 Å². The van der Waals surface area contributed by atoms with Crippen LogP contribution < -0.4 is 5.32 Å². The molecule has 4 aromatic rings. The number of nitrogens with zero attached hydrogens (tertiary/aromatic N) is 1. The molecular weight excluding hydrogens is 286 g/mol. The van der Waals surface area contributed by atoms with Gasteiger partial charge < -0.3 is 10.3 Å². The summed E-state index contributed by atoms with van der Waals surface area (Å²) in [4.78, 5) is 20.2. The average molecular weight is 301 g/mol. The SMILES string of the molecule is Cc1c(C(=O)Nc2cccc3cccnc23)[nH]c2ccccc12. The van der Waals surface area contributed by atoms with E-state index in [1.165, 1.54) is 0 Å². The summed E-state index contributed by atoms with van der Waals surface area (Å²) < 4.78 is 0. The van der Waals surface area contributed by atoms with Crippen molar-refractivity contribution in [1.82, 2.24) is 9.97 Å². The van der Waals surface area contributed by atoms with Crippen LogP contribution in [-0.2, 0) is 0 Å². The molecule has 0 saturated heterocycles. The number of aryl methyl sites for hydroxylation is 1. The molecule has 0 fully saturated rings. The van der Waals surface area contributed by atoms with Gasteiger partial charge in [-0.05, 0) is 30.7 Å². The number of nitrogens with one attached hydrogen (secondary N) is 2. The summed E-state index contributed by atoms with van der Waals surface area (Å²) in [7, 11) is 0. The van der Waals surface area contributed by atoms with E-state index in [1.807, 2.05) is 61.5 Å². The van der Waals surface area contributed by atoms with E-state index in [4.69, 9.17) is 0 Å². The zero-order valence-corrected chi connectivity index (χ0v) is 12.6. The van der Waals surface area contributed by atoms with Gasteiger partial charge in [-0.25, -0.2) is 0 Å². The first-order chi connectivity index (χ1) is 11.2. The van der Waals surface area contributed by atoms with Gasteiger partial charge in [0, 0.05) is 22.5 Å². The Morgan fingerprint density at radius 3 is 2.74 bits per heavy atom. The standard InChI is InChI=1S/C19H15N3O/c1-12-14-8-2-3-9-15(14)21-17(12)19(23)22-16-10-4-6-13-7-5-11-20-18(13)16/h2-11,21H,1H3,(H,22,23). The van der Waals surface area contributed by atoms with E-state index in [1.54, 1.807) is 6.20 Å². The smallest absolute Gasteiger partial charge is 0.272 e. The molecule has 2 aromatic carbocycles. The van der Waals surface area contributed by atoms with Crippen molar-refractivity contribution < 1.29 is 4.79 Å². The lowest BCUT2D eigenvalue weighted by Crippen LogP contribution is -2.14. The van der Waals surface area contributed by atoms with Gasteiger partial charge in [0.05, 0.1) is 11.2 Å². The minimum Gasteiger partial charge on any atom is -0.350 e. The number of benzene rings is 2. The third-order valence-corrected chi connectivity index (χ3v) is 4.07. The van der Waals surface area contributed by atoms with Crippen molar-refractivity contribution in [3.05, 3.63) is 72.1 Å². The average Bonchev–Trinajstić information content (AvgIpc) is 2.93. The van der Waals surface area contributed by atoms with Crippen molar-refractivity contribution in [1.29, 1.82) is 0 Å². The van der Waals surface area contributed by atoms with Crippen LogP contribution in [0.3, 0.4) is 0 Å². The number of carbonyl (C=O) groups is 1. The highest BCUT2D eigenvalue weighted by molar-refractivity contribution is 6.10.